The molecule has 2 rings (SSSR count). The van der Waals surface area contributed by atoms with E-state index < -0.39 is 11.4 Å². The van der Waals surface area contributed by atoms with Crippen LogP contribution in [0.3, 0.4) is 0 Å². The van der Waals surface area contributed by atoms with Gasteiger partial charge in [-0.05, 0) is 54.9 Å². The van der Waals surface area contributed by atoms with Crippen molar-refractivity contribution in [2.45, 2.75) is 6.92 Å². The SMILES string of the molecule is CCOC(=O)Oc1ccc(C(=O)Cl)cc1.Oc1ccccc1. The Labute approximate surface area is 133 Å². The molecule has 22 heavy (non-hydrogen) atoms. The second-order valence-corrected chi connectivity index (χ2v) is 4.26. The molecule has 0 heterocycles. The van der Waals surface area contributed by atoms with Gasteiger partial charge in [0.05, 0.1) is 6.61 Å². The first-order valence-electron chi connectivity index (χ1n) is 6.41. The summed E-state index contributed by atoms with van der Waals surface area (Å²) in [6.45, 7) is 1.92. The lowest BCUT2D eigenvalue weighted by Crippen LogP contribution is -2.09. The number of ether oxygens (including phenoxy) is 2. The smallest absolute Gasteiger partial charge is 0.508 e. The van der Waals surface area contributed by atoms with Crippen molar-refractivity contribution < 1.29 is 24.2 Å². The lowest BCUT2D eigenvalue weighted by molar-refractivity contribution is 0.104. The van der Waals surface area contributed by atoms with Crippen LogP contribution >= 0.6 is 11.6 Å². The number of carbonyl (C=O) groups excluding carboxylic acids is 2. The van der Waals surface area contributed by atoms with Crippen LogP contribution in [-0.4, -0.2) is 23.1 Å². The van der Waals surface area contributed by atoms with E-state index in [9.17, 15) is 9.59 Å². The first kappa shape index (κ1) is 17.5. The van der Waals surface area contributed by atoms with Gasteiger partial charge in [0, 0.05) is 5.56 Å². The minimum Gasteiger partial charge on any atom is -0.508 e. The van der Waals surface area contributed by atoms with E-state index in [2.05, 4.69) is 4.74 Å². The topological polar surface area (TPSA) is 72.8 Å². The van der Waals surface area contributed by atoms with Crippen molar-refractivity contribution in [3.8, 4) is 11.5 Å². The summed E-state index contributed by atoms with van der Waals surface area (Å²) in [5.74, 6) is 0.623. The first-order valence-corrected chi connectivity index (χ1v) is 6.79. The summed E-state index contributed by atoms with van der Waals surface area (Å²) in [7, 11) is 0. The normalized spacial score (nSPS) is 9.18. The summed E-state index contributed by atoms with van der Waals surface area (Å²) in [5.41, 5.74) is 0.341. The van der Waals surface area contributed by atoms with Crippen LogP contribution < -0.4 is 4.74 Å². The molecule has 1 N–H and O–H groups in total. The second kappa shape index (κ2) is 9.41. The van der Waals surface area contributed by atoms with E-state index in [0.717, 1.165) is 0 Å². The molecule has 2 aromatic carbocycles. The number of benzene rings is 2. The molecule has 0 amide bonds. The zero-order valence-electron chi connectivity index (χ0n) is 11.9. The van der Waals surface area contributed by atoms with Gasteiger partial charge in [-0.15, -0.1) is 0 Å². The largest absolute Gasteiger partial charge is 0.513 e. The van der Waals surface area contributed by atoms with E-state index in [0.29, 0.717) is 17.1 Å². The third-order valence-electron chi connectivity index (χ3n) is 2.30. The fourth-order valence-corrected chi connectivity index (χ4v) is 1.45. The highest BCUT2D eigenvalue weighted by atomic mass is 35.5. The van der Waals surface area contributed by atoms with Crippen LogP contribution in [0.1, 0.15) is 17.3 Å². The van der Waals surface area contributed by atoms with Gasteiger partial charge in [0.25, 0.3) is 5.24 Å². The average molecular weight is 323 g/mol. The lowest BCUT2D eigenvalue weighted by Gasteiger charge is -2.03. The van der Waals surface area contributed by atoms with Crippen LogP contribution in [0.25, 0.3) is 0 Å². The molecule has 0 aliphatic carbocycles. The molecule has 116 valence electrons. The highest BCUT2D eigenvalue weighted by Gasteiger charge is 2.06. The fraction of sp³-hybridized carbons (Fsp3) is 0.125. The Morgan fingerprint density at radius 2 is 1.64 bits per heavy atom. The molecule has 0 radical (unpaired) electrons. The van der Waals surface area contributed by atoms with E-state index in [1.54, 1.807) is 31.2 Å². The zero-order chi connectivity index (χ0) is 16.4. The molecule has 2 aromatic rings. The van der Waals surface area contributed by atoms with Crippen molar-refractivity contribution in [3.63, 3.8) is 0 Å². The molecular weight excluding hydrogens is 308 g/mol. The number of carbonyl (C=O) groups is 2. The Hall–Kier alpha value is -2.53. The molecule has 0 aliphatic heterocycles. The molecule has 0 saturated heterocycles. The monoisotopic (exact) mass is 322 g/mol. The van der Waals surface area contributed by atoms with Crippen molar-refractivity contribution in [1.82, 2.24) is 0 Å². The maximum atomic E-state index is 10.9. The van der Waals surface area contributed by atoms with Crippen LogP contribution in [0.2, 0.25) is 0 Å². The Morgan fingerprint density at radius 1 is 1.05 bits per heavy atom. The zero-order valence-corrected chi connectivity index (χ0v) is 12.6. The highest BCUT2D eigenvalue weighted by molar-refractivity contribution is 6.67. The van der Waals surface area contributed by atoms with E-state index in [-0.39, 0.29) is 6.61 Å². The Balaban J connectivity index is 0.000000287. The second-order valence-electron chi connectivity index (χ2n) is 3.92. The fourth-order valence-electron chi connectivity index (χ4n) is 1.33. The molecular formula is C16H15ClO5. The minimum absolute atomic E-state index is 0.247. The molecule has 0 aliphatic rings. The summed E-state index contributed by atoms with van der Waals surface area (Å²) < 4.78 is 9.34. The Kier molecular flexibility index (Phi) is 7.50. The van der Waals surface area contributed by atoms with E-state index in [1.807, 2.05) is 6.07 Å². The molecule has 0 spiro atoms. The molecule has 0 aromatic heterocycles. The van der Waals surface area contributed by atoms with Gasteiger partial charge in [-0.1, -0.05) is 18.2 Å². The summed E-state index contributed by atoms with van der Waals surface area (Å²) in [4.78, 5) is 21.6. The van der Waals surface area contributed by atoms with Crippen molar-refractivity contribution in [1.29, 1.82) is 0 Å². The number of hydrogen-bond acceptors (Lipinski definition) is 5. The third-order valence-corrected chi connectivity index (χ3v) is 2.52. The Morgan fingerprint density at radius 3 is 2.05 bits per heavy atom. The Bertz CT molecular complexity index is 596. The predicted molar refractivity (Wildman–Crippen MR) is 82.4 cm³/mol. The van der Waals surface area contributed by atoms with Gasteiger partial charge in [-0.25, -0.2) is 4.79 Å². The number of rotatable bonds is 3. The van der Waals surface area contributed by atoms with Crippen LogP contribution in [0.4, 0.5) is 4.79 Å². The number of para-hydroxylation sites is 1. The third kappa shape index (κ3) is 6.76. The summed E-state index contributed by atoms with van der Waals surface area (Å²) in [5, 5.41) is 8.07. The molecule has 0 bridgehead atoms. The maximum Gasteiger partial charge on any atom is 0.513 e. The van der Waals surface area contributed by atoms with Crippen molar-refractivity contribution in [3.05, 3.63) is 60.2 Å². The minimum atomic E-state index is -0.776. The summed E-state index contributed by atoms with van der Waals surface area (Å²) >= 11 is 5.24. The summed E-state index contributed by atoms with van der Waals surface area (Å²) in [6.07, 6.45) is -0.776. The van der Waals surface area contributed by atoms with Gasteiger partial charge in [0.2, 0.25) is 0 Å². The lowest BCUT2D eigenvalue weighted by atomic mass is 10.2. The van der Waals surface area contributed by atoms with Crippen molar-refractivity contribution >= 4 is 23.0 Å². The van der Waals surface area contributed by atoms with Crippen LogP contribution in [0, 0.1) is 0 Å². The quantitative estimate of drug-likeness (QED) is 0.525. The van der Waals surface area contributed by atoms with Gasteiger partial charge in [0.1, 0.15) is 11.5 Å². The van der Waals surface area contributed by atoms with Crippen LogP contribution in [-0.2, 0) is 4.74 Å². The van der Waals surface area contributed by atoms with Gasteiger partial charge in [-0.3, -0.25) is 4.79 Å². The number of phenols is 1. The molecule has 0 unspecified atom stereocenters. The van der Waals surface area contributed by atoms with Crippen molar-refractivity contribution in [2.75, 3.05) is 6.61 Å². The maximum absolute atomic E-state index is 10.9. The predicted octanol–water partition coefficient (Wildman–Crippen LogP) is 3.99. The summed E-state index contributed by atoms with van der Waals surface area (Å²) in [6, 6.07) is 14.6. The molecule has 6 heteroatoms. The van der Waals surface area contributed by atoms with Crippen molar-refractivity contribution in [2.24, 2.45) is 0 Å². The van der Waals surface area contributed by atoms with Crippen LogP contribution in [0.5, 0.6) is 11.5 Å². The molecule has 5 nitrogen and oxygen atoms in total. The number of phenolic OH excluding ortho intramolecular Hbond substituents is 1. The number of hydrogen-bond donors (Lipinski definition) is 1. The average Bonchev–Trinajstić information content (AvgIpc) is 2.49. The molecule has 0 saturated carbocycles. The van der Waals surface area contributed by atoms with E-state index >= 15 is 0 Å². The molecule has 0 atom stereocenters. The highest BCUT2D eigenvalue weighted by Crippen LogP contribution is 2.14. The first-order chi connectivity index (χ1) is 10.5. The number of aromatic hydroxyl groups is 1. The van der Waals surface area contributed by atoms with Gasteiger partial charge >= 0.3 is 6.16 Å². The standard InChI is InChI=1S/C10H9ClO4.C6H6O/c1-2-14-10(13)15-8-5-3-7(4-6-8)9(11)12;7-6-4-2-1-3-5-6/h3-6H,2H2,1H3;1-5,7H. The molecule has 0 fully saturated rings. The number of halogens is 1. The van der Waals surface area contributed by atoms with Gasteiger partial charge < -0.3 is 14.6 Å². The van der Waals surface area contributed by atoms with E-state index in [1.165, 1.54) is 24.3 Å². The van der Waals surface area contributed by atoms with Gasteiger partial charge in [0.15, 0.2) is 0 Å². The van der Waals surface area contributed by atoms with E-state index in [4.69, 9.17) is 21.4 Å². The van der Waals surface area contributed by atoms with Crippen LogP contribution in [0.15, 0.2) is 54.6 Å². The van der Waals surface area contributed by atoms with Gasteiger partial charge in [-0.2, -0.15) is 0 Å².